The van der Waals surface area contributed by atoms with Gasteiger partial charge in [-0.1, -0.05) is 18.2 Å². The maximum absolute atomic E-state index is 13.5. The molecule has 1 fully saturated rings. The van der Waals surface area contributed by atoms with Gasteiger partial charge in [0.1, 0.15) is 6.04 Å². The first-order valence-corrected chi connectivity index (χ1v) is 10.6. The van der Waals surface area contributed by atoms with Crippen LogP contribution in [0.3, 0.4) is 0 Å². The number of nitrogens with zero attached hydrogens (tertiary/aromatic N) is 2. The third kappa shape index (κ3) is 3.18. The standard InChI is InChI=1S/C24H22N2O6/c1-31-24(30)20-12-14-5-2-3-7-19(14)26(20)21(27)15-8-9-17-18(11-15)23(29)25(22(17)28)13-16-6-4-10-32-16/h2-3,5,7-9,11,16,20H,4,6,10,12-13H2,1H3. The number of amides is 3. The second kappa shape index (κ2) is 7.87. The normalized spacial score (nSPS) is 21.7. The fourth-order valence-electron chi connectivity index (χ4n) is 4.68. The number of carbonyl (C=O) groups is 4. The number of carbonyl (C=O) groups excluding carboxylic acids is 4. The number of methoxy groups -OCH3 is 1. The lowest BCUT2D eigenvalue weighted by Crippen LogP contribution is -2.43. The van der Waals surface area contributed by atoms with Gasteiger partial charge in [0.05, 0.1) is 30.9 Å². The van der Waals surface area contributed by atoms with E-state index >= 15 is 0 Å². The summed E-state index contributed by atoms with van der Waals surface area (Å²) in [5.41, 5.74) is 2.20. The predicted molar refractivity (Wildman–Crippen MR) is 114 cm³/mol. The van der Waals surface area contributed by atoms with Crippen LogP contribution < -0.4 is 4.90 Å². The van der Waals surface area contributed by atoms with Crippen LogP contribution in [0.15, 0.2) is 42.5 Å². The average Bonchev–Trinajstić information content (AvgIpc) is 3.52. The van der Waals surface area contributed by atoms with Crippen molar-refractivity contribution in [2.45, 2.75) is 31.4 Å². The minimum Gasteiger partial charge on any atom is -0.467 e. The van der Waals surface area contributed by atoms with Crippen LogP contribution in [0.4, 0.5) is 5.69 Å². The highest BCUT2D eigenvalue weighted by molar-refractivity contribution is 6.22. The van der Waals surface area contributed by atoms with Gasteiger partial charge in [-0.15, -0.1) is 0 Å². The molecule has 8 nitrogen and oxygen atoms in total. The lowest BCUT2D eigenvalue weighted by molar-refractivity contribution is -0.141. The molecule has 3 aliphatic rings. The smallest absolute Gasteiger partial charge is 0.329 e. The molecule has 2 unspecified atom stereocenters. The fourth-order valence-corrected chi connectivity index (χ4v) is 4.68. The molecule has 164 valence electrons. The third-order valence-electron chi connectivity index (χ3n) is 6.30. The highest BCUT2D eigenvalue weighted by Gasteiger charge is 2.41. The maximum Gasteiger partial charge on any atom is 0.329 e. The first-order valence-electron chi connectivity index (χ1n) is 10.6. The molecular weight excluding hydrogens is 412 g/mol. The second-order valence-corrected chi connectivity index (χ2v) is 8.16. The van der Waals surface area contributed by atoms with Crippen LogP contribution in [0, 0.1) is 0 Å². The number of rotatable bonds is 4. The monoisotopic (exact) mass is 434 g/mol. The summed E-state index contributed by atoms with van der Waals surface area (Å²) in [7, 11) is 1.29. The molecule has 2 atom stereocenters. The number of para-hydroxylation sites is 1. The van der Waals surface area contributed by atoms with E-state index in [1.165, 1.54) is 35.1 Å². The van der Waals surface area contributed by atoms with E-state index < -0.39 is 23.8 Å². The molecule has 0 N–H and O–H groups in total. The van der Waals surface area contributed by atoms with Gasteiger partial charge < -0.3 is 9.47 Å². The number of imide groups is 1. The van der Waals surface area contributed by atoms with E-state index in [2.05, 4.69) is 0 Å². The van der Waals surface area contributed by atoms with Crippen LogP contribution in [0.5, 0.6) is 0 Å². The van der Waals surface area contributed by atoms with Crippen LogP contribution in [-0.4, -0.2) is 61.0 Å². The van der Waals surface area contributed by atoms with Crippen molar-refractivity contribution in [3.8, 4) is 0 Å². The maximum atomic E-state index is 13.5. The van der Waals surface area contributed by atoms with Gasteiger partial charge in [0.2, 0.25) is 0 Å². The summed E-state index contributed by atoms with van der Waals surface area (Å²) in [5.74, 6) is -1.74. The van der Waals surface area contributed by atoms with Crippen LogP contribution >= 0.6 is 0 Å². The molecule has 0 saturated carbocycles. The van der Waals surface area contributed by atoms with Crippen LogP contribution in [0.25, 0.3) is 0 Å². The summed E-state index contributed by atoms with van der Waals surface area (Å²) >= 11 is 0. The minimum atomic E-state index is -0.786. The Hall–Kier alpha value is -3.52. The lowest BCUT2D eigenvalue weighted by atomic mass is 10.0. The first-order chi connectivity index (χ1) is 15.5. The topological polar surface area (TPSA) is 93.2 Å². The van der Waals surface area contributed by atoms with Crippen molar-refractivity contribution in [1.82, 2.24) is 4.90 Å². The summed E-state index contributed by atoms with van der Waals surface area (Å²) in [6, 6.07) is 11.0. The Balaban J connectivity index is 1.46. The van der Waals surface area contributed by atoms with E-state index in [1.54, 1.807) is 12.1 Å². The summed E-state index contributed by atoms with van der Waals surface area (Å²) in [6.07, 6.45) is 1.91. The van der Waals surface area contributed by atoms with Crippen LogP contribution in [0.2, 0.25) is 0 Å². The van der Waals surface area contributed by atoms with Gasteiger partial charge in [-0.25, -0.2) is 4.79 Å². The molecule has 0 aromatic heterocycles. The van der Waals surface area contributed by atoms with Gasteiger partial charge in [0.15, 0.2) is 0 Å². The van der Waals surface area contributed by atoms with Crippen molar-refractivity contribution >= 4 is 29.4 Å². The molecule has 0 spiro atoms. The molecule has 0 radical (unpaired) electrons. The van der Waals surface area contributed by atoms with E-state index in [-0.39, 0.29) is 35.2 Å². The summed E-state index contributed by atoms with van der Waals surface area (Å²) < 4.78 is 10.5. The molecule has 2 aromatic carbocycles. The van der Waals surface area contributed by atoms with Gasteiger partial charge >= 0.3 is 5.97 Å². The number of fused-ring (bicyclic) bond motifs is 2. The first kappa shape index (κ1) is 20.4. The molecule has 0 aliphatic carbocycles. The summed E-state index contributed by atoms with van der Waals surface area (Å²) in [5, 5.41) is 0. The number of ether oxygens (including phenoxy) is 2. The van der Waals surface area contributed by atoms with Crippen molar-refractivity contribution in [3.05, 3.63) is 64.7 Å². The molecule has 3 heterocycles. The van der Waals surface area contributed by atoms with Gasteiger partial charge in [-0.05, 0) is 42.7 Å². The van der Waals surface area contributed by atoms with Gasteiger partial charge in [-0.2, -0.15) is 0 Å². The Morgan fingerprint density at radius 3 is 2.62 bits per heavy atom. The van der Waals surface area contributed by atoms with E-state index in [4.69, 9.17) is 9.47 Å². The van der Waals surface area contributed by atoms with Gasteiger partial charge in [0.25, 0.3) is 17.7 Å². The fraction of sp³-hybridized carbons (Fsp3) is 0.333. The highest BCUT2D eigenvalue weighted by Crippen LogP contribution is 2.35. The van der Waals surface area contributed by atoms with Gasteiger partial charge in [0, 0.05) is 24.3 Å². The average molecular weight is 434 g/mol. The van der Waals surface area contributed by atoms with E-state index in [0.29, 0.717) is 18.7 Å². The zero-order valence-corrected chi connectivity index (χ0v) is 17.6. The van der Waals surface area contributed by atoms with E-state index in [0.717, 1.165) is 18.4 Å². The van der Waals surface area contributed by atoms with E-state index in [1.807, 2.05) is 12.1 Å². The second-order valence-electron chi connectivity index (χ2n) is 8.16. The number of esters is 1. The summed E-state index contributed by atoms with van der Waals surface area (Å²) in [4.78, 5) is 54.2. The number of benzene rings is 2. The molecular formula is C24H22N2O6. The molecule has 1 saturated heterocycles. The zero-order valence-electron chi connectivity index (χ0n) is 17.6. The predicted octanol–water partition coefficient (Wildman–Crippen LogP) is 2.21. The molecule has 32 heavy (non-hydrogen) atoms. The molecule has 3 aliphatic heterocycles. The van der Waals surface area contributed by atoms with Crippen molar-refractivity contribution in [3.63, 3.8) is 0 Å². The molecule has 5 rings (SSSR count). The highest BCUT2D eigenvalue weighted by atomic mass is 16.5. The van der Waals surface area contributed by atoms with Crippen molar-refractivity contribution in [2.24, 2.45) is 0 Å². The number of hydrogen-bond donors (Lipinski definition) is 0. The number of anilines is 1. The Labute approximate surface area is 184 Å². The number of hydrogen-bond acceptors (Lipinski definition) is 6. The molecule has 2 aromatic rings. The Kier molecular flexibility index (Phi) is 5.01. The van der Waals surface area contributed by atoms with E-state index in [9.17, 15) is 19.2 Å². The third-order valence-corrected chi connectivity index (χ3v) is 6.30. The van der Waals surface area contributed by atoms with Crippen LogP contribution in [-0.2, 0) is 20.7 Å². The lowest BCUT2D eigenvalue weighted by Gasteiger charge is -2.24. The molecule has 0 bridgehead atoms. The largest absolute Gasteiger partial charge is 0.467 e. The van der Waals surface area contributed by atoms with Crippen LogP contribution in [0.1, 0.15) is 49.5 Å². The van der Waals surface area contributed by atoms with Crippen molar-refractivity contribution in [1.29, 1.82) is 0 Å². The summed E-state index contributed by atoms with van der Waals surface area (Å²) in [6.45, 7) is 0.838. The molecule has 3 amide bonds. The Morgan fingerprint density at radius 2 is 1.88 bits per heavy atom. The Bertz CT molecular complexity index is 1140. The SMILES string of the molecule is COC(=O)C1Cc2ccccc2N1C(=O)c1ccc2c(c1)C(=O)N(CC1CCCO1)C2=O. The zero-order chi connectivity index (χ0) is 22.4. The van der Waals surface area contributed by atoms with Gasteiger partial charge in [-0.3, -0.25) is 24.2 Å². The molecule has 8 heteroatoms. The van der Waals surface area contributed by atoms with Crippen molar-refractivity contribution in [2.75, 3.05) is 25.2 Å². The Morgan fingerprint density at radius 1 is 1.09 bits per heavy atom. The quantitative estimate of drug-likeness (QED) is 0.541. The minimum absolute atomic E-state index is 0.153. The van der Waals surface area contributed by atoms with Crippen molar-refractivity contribution < 1.29 is 28.7 Å².